The number of aromatic nitrogens is 3. The number of nitrogens with one attached hydrogen (secondary N) is 1. The molecule has 1 N–H and O–H groups in total. The summed E-state index contributed by atoms with van der Waals surface area (Å²) in [6, 6.07) is 5.55. The number of hydrogen-bond donors (Lipinski definition) is 1. The van der Waals surface area contributed by atoms with Crippen LogP contribution in [0.4, 0.5) is 5.69 Å². The van der Waals surface area contributed by atoms with Crippen LogP contribution in [0.3, 0.4) is 0 Å². The number of benzene rings is 1. The molecule has 0 unspecified atom stereocenters. The molecule has 1 aromatic carbocycles. The van der Waals surface area contributed by atoms with Crippen molar-refractivity contribution < 1.29 is 18.0 Å². The number of amides is 1. The number of Topliss-reactive ketones (excluding diaryl/α,β-unsaturated/α-hetero) is 1. The zero-order valence-corrected chi connectivity index (χ0v) is 22.3. The normalized spacial score (nSPS) is 14.4. The van der Waals surface area contributed by atoms with Gasteiger partial charge in [0.1, 0.15) is 15.4 Å². The molecule has 0 bridgehead atoms. The van der Waals surface area contributed by atoms with Crippen molar-refractivity contribution in [2.75, 3.05) is 36.5 Å². The third-order valence-corrected chi connectivity index (χ3v) is 7.24. The lowest BCUT2D eigenvalue weighted by Crippen LogP contribution is -2.29. The van der Waals surface area contributed by atoms with Crippen molar-refractivity contribution >= 4 is 38.4 Å². The van der Waals surface area contributed by atoms with Gasteiger partial charge in [-0.15, -0.1) is 0 Å². The maximum absolute atomic E-state index is 13.1. The van der Waals surface area contributed by atoms with Crippen molar-refractivity contribution in [3.8, 4) is 11.3 Å². The Kier molecular flexibility index (Phi) is 6.92. The van der Waals surface area contributed by atoms with E-state index in [1.807, 2.05) is 40.0 Å². The van der Waals surface area contributed by atoms with E-state index < -0.39 is 15.3 Å². The predicted molar refractivity (Wildman–Crippen MR) is 141 cm³/mol. The van der Waals surface area contributed by atoms with Crippen LogP contribution in [0.25, 0.3) is 22.4 Å². The molecular weight excluding hydrogens is 478 g/mol. The first-order valence-electron chi connectivity index (χ1n) is 12.1. The summed E-state index contributed by atoms with van der Waals surface area (Å²) < 4.78 is 24.7. The van der Waals surface area contributed by atoms with Gasteiger partial charge in [0.25, 0.3) is 5.91 Å². The maximum atomic E-state index is 13.1. The van der Waals surface area contributed by atoms with Crippen LogP contribution in [0.15, 0.2) is 30.6 Å². The molecule has 3 heterocycles. The van der Waals surface area contributed by atoms with Gasteiger partial charge in [-0.05, 0) is 31.0 Å². The first-order chi connectivity index (χ1) is 16.8. The van der Waals surface area contributed by atoms with E-state index in [-0.39, 0.29) is 24.0 Å². The van der Waals surface area contributed by atoms with E-state index in [0.717, 1.165) is 37.9 Å². The number of carbonyl (C=O) groups excluding carboxylic acids is 2. The summed E-state index contributed by atoms with van der Waals surface area (Å²) in [5.74, 6) is -0.493. The number of sulfone groups is 1. The molecule has 0 aliphatic carbocycles. The summed E-state index contributed by atoms with van der Waals surface area (Å²) in [6.45, 7) is 7.45. The Bertz CT molecular complexity index is 1430. The Morgan fingerprint density at radius 2 is 1.81 bits per heavy atom. The molecule has 1 amide bonds. The quantitative estimate of drug-likeness (QED) is 0.484. The molecule has 0 saturated carbocycles. The molecule has 1 saturated heterocycles. The van der Waals surface area contributed by atoms with Crippen molar-refractivity contribution in [3.05, 3.63) is 41.7 Å². The Labute approximate surface area is 211 Å². The van der Waals surface area contributed by atoms with Crippen LogP contribution in [0, 0.1) is 5.41 Å². The zero-order valence-electron chi connectivity index (χ0n) is 21.5. The first-order valence-corrected chi connectivity index (χ1v) is 14.1. The fourth-order valence-electron chi connectivity index (χ4n) is 4.35. The minimum atomic E-state index is -3.19. The largest absolute Gasteiger partial charge is 0.371 e. The smallest absolute Gasteiger partial charge is 0.251 e. The van der Waals surface area contributed by atoms with Crippen molar-refractivity contribution in [1.29, 1.82) is 0 Å². The highest BCUT2D eigenvalue weighted by Gasteiger charge is 2.27. The molecule has 0 radical (unpaired) electrons. The number of ketones is 1. The molecule has 2 aromatic heterocycles. The lowest BCUT2D eigenvalue weighted by Gasteiger charge is -2.20. The third kappa shape index (κ3) is 5.59. The Balaban J connectivity index is 1.77. The fourth-order valence-corrected chi connectivity index (χ4v) is 4.82. The van der Waals surface area contributed by atoms with Gasteiger partial charge in [-0.25, -0.2) is 18.4 Å². The van der Waals surface area contributed by atoms with Crippen LogP contribution >= 0.6 is 0 Å². The topological polar surface area (TPSA) is 114 Å². The molecule has 1 aliphatic rings. The van der Waals surface area contributed by atoms with Crippen LogP contribution < -0.4 is 10.2 Å². The SMILES string of the molecule is Cn1cc(C(=O)C(C)(C)C)c2nc(-c3cc(C(=O)NCCS(C)(=O)=O)cc(N4CCCC4)c3)cnc21. The molecule has 4 rings (SSSR count). The van der Waals surface area contributed by atoms with E-state index >= 15 is 0 Å². The van der Waals surface area contributed by atoms with Crippen molar-refractivity contribution in [1.82, 2.24) is 19.9 Å². The molecular formula is C26H33N5O4S. The molecule has 1 aliphatic heterocycles. The summed E-state index contributed by atoms with van der Waals surface area (Å²) >= 11 is 0. The summed E-state index contributed by atoms with van der Waals surface area (Å²) in [4.78, 5) is 37.7. The van der Waals surface area contributed by atoms with Gasteiger partial charge in [-0.1, -0.05) is 20.8 Å². The van der Waals surface area contributed by atoms with E-state index in [1.165, 1.54) is 0 Å². The van der Waals surface area contributed by atoms with E-state index in [2.05, 4.69) is 15.2 Å². The Morgan fingerprint density at radius 1 is 1.11 bits per heavy atom. The Hall–Kier alpha value is -3.27. The second-order valence-corrected chi connectivity index (χ2v) is 12.8. The Morgan fingerprint density at radius 3 is 2.44 bits per heavy atom. The average Bonchev–Trinajstić information content (AvgIpc) is 3.45. The second kappa shape index (κ2) is 9.65. The van der Waals surface area contributed by atoms with Gasteiger partial charge in [0, 0.05) is 61.4 Å². The highest BCUT2D eigenvalue weighted by molar-refractivity contribution is 7.90. The average molecular weight is 512 g/mol. The number of hydrogen-bond acceptors (Lipinski definition) is 7. The zero-order chi connectivity index (χ0) is 26.3. The molecule has 0 atom stereocenters. The van der Waals surface area contributed by atoms with Gasteiger partial charge < -0.3 is 14.8 Å². The molecule has 1 fully saturated rings. The summed E-state index contributed by atoms with van der Waals surface area (Å²) in [5, 5.41) is 2.70. The molecule has 3 aromatic rings. The van der Waals surface area contributed by atoms with Gasteiger partial charge in [0.05, 0.1) is 23.2 Å². The lowest BCUT2D eigenvalue weighted by atomic mass is 9.87. The standard InChI is InChI=1S/C26H33N5O4S/c1-26(2,3)23(32)20-16-30(4)24-22(20)29-21(15-28-24)17-12-18(25(33)27-8-11-36(5,34)35)14-19(13-17)31-9-6-7-10-31/h12-16H,6-11H2,1-5H3,(H,27,33). The minimum absolute atomic E-state index is 0.0173. The van der Waals surface area contributed by atoms with Gasteiger partial charge in [0.2, 0.25) is 0 Å². The highest BCUT2D eigenvalue weighted by atomic mass is 32.2. The van der Waals surface area contributed by atoms with Crippen molar-refractivity contribution in [2.24, 2.45) is 12.5 Å². The van der Waals surface area contributed by atoms with Crippen LogP contribution in [0.5, 0.6) is 0 Å². The van der Waals surface area contributed by atoms with Crippen LogP contribution in [-0.4, -0.2) is 66.3 Å². The van der Waals surface area contributed by atoms with Crippen LogP contribution in [-0.2, 0) is 16.9 Å². The van der Waals surface area contributed by atoms with E-state index in [4.69, 9.17) is 4.98 Å². The fraction of sp³-hybridized carbons (Fsp3) is 0.462. The molecule has 192 valence electrons. The van der Waals surface area contributed by atoms with E-state index in [0.29, 0.717) is 33.5 Å². The number of carbonyl (C=O) groups is 2. The van der Waals surface area contributed by atoms with Gasteiger partial charge >= 0.3 is 0 Å². The molecule has 36 heavy (non-hydrogen) atoms. The van der Waals surface area contributed by atoms with E-state index in [9.17, 15) is 18.0 Å². The number of anilines is 1. The number of aryl methyl sites for hydroxylation is 1. The first kappa shape index (κ1) is 25.8. The highest BCUT2D eigenvalue weighted by Crippen LogP contribution is 2.31. The van der Waals surface area contributed by atoms with Crippen molar-refractivity contribution in [3.63, 3.8) is 0 Å². The van der Waals surface area contributed by atoms with E-state index in [1.54, 1.807) is 23.0 Å². The van der Waals surface area contributed by atoms with Crippen LogP contribution in [0.2, 0.25) is 0 Å². The molecule has 9 nitrogen and oxygen atoms in total. The maximum Gasteiger partial charge on any atom is 0.251 e. The predicted octanol–water partition coefficient (Wildman–Crippen LogP) is 3.24. The molecule has 0 spiro atoms. The summed E-state index contributed by atoms with van der Waals surface area (Å²) in [5.41, 5.74) is 3.68. The summed E-state index contributed by atoms with van der Waals surface area (Å²) in [6.07, 6.45) is 6.72. The number of nitrogens with zero attached hydrogens (tertiary/aromatic N) is 4. The number of rotatable bonds is 7. The van der Waals surface area contributed by atoms with Gasteiger partial charge in [-0.2, -0.15) is 0 Å². The molecule has 10 heteroatoms. The van der Waals surface area contributed by atoms with Gasteiger partial charge in [0.15, 0.2) is 11.4 Å². The summed E-state index contributed by atoms with van der Waals surface area (Å²) in [7, 11) is -1.35. The van der Waals surface area contributed by atoms with Crippen molar-refractivity contribution in [2.45, 2.75) is 33.6 Å². The second-order valence-electron chi connectivity index (χ2n) is 10.5. The van der Waals surface area contributed by atoms with Gasteiger partial charge in [-0.3, -0.25) is 9.59 Å². The minimum Gasteiger partial charge on any atom is -0.371 e. The number of fused-ring (bicyclic) bond motifs is 1. The van der Waals surface area contributed by atoms with Crippen LogP contribution in [0.1, 0.15) is 54.3 Å². The lowest BCUT2D eigenvalue weighted by molar-refractivity contribution is 0.0859. The monoisotopic (exact) mass is 511 g/mol. The third-order valence-electron chi connectivity index (χ3n) is 6.30.